The number of ether oxygens (including phenoxy) is 5. The molecule has 5 rings (SSSR count). The number of aliphatic carboxylic acids is 1. The topological polar surface area (TPSA) is 216 Å². The van der Waals surface area contributed by atoms with Gasteiger partial charge in [0.05, 0.1) is 49.6 Å². The number of carbonyl (C=O) groups is 1. The van der Waals surface area contributed by atoms with Gasteiger partial charge in [-0.1, -0.05) is 23.2 Å². The maximum absolute atomic E-state index is 14.4. The molecule has 264 valence electrons. The molecule has 22 heteroatoms. The average molecular weight is 761 g/mol. The SMILES string of the molecule is COc1cc(Cl)c(-n2c(=O)[nH]c3c(OC)nc(CC(=O)O)nc32)cc1OCc1c(OC)ccc(F)c1F.COc1nc(Cl)nc(Cl)c1[N+](=O)[O-]. The number of rotatable bonds is 11. The number of nitrogens with one attached hydrogen (secondary N) is 1. The number of methoxy groups -OCH3 is 4. The van der Waals surface area contributed by atoms with Crippen LogP contribution < -0.4 is 29.4 Å². The van der Waals surface area contributed by atoms with E-state index in [-0.39, 0.29) is 72.7 Å². The molecule has 0 aliphatic rings. The Hall–Kier alpha value is -5.53. The van der Waals surface area contributed by atoms with E-state index in [0.29, 0.717) is 0 Å². The highest BCUT2D eigenvalue weighted by Gasteiger charge is 2.25. The molecule has 0 amide bonds. The van der Waals surface area contributed by atoms with Gasteiger partial charge >= 0.3 is 17.3 Å². The highest BCUT2D eigenvalue weighted by Crippen LogP contribution is 2.37. The Labute approximate surface area is 293 Å². The van der Waals surface area contributed by atoms with E-state index >= 15 is 0 Å². The van der Waals surface area contributed by atoms with Crippen LogP contribution in [-0.4, -0.2) is 73.9 Å². The lowest BCUT2D eigenvalue weighted by Crippen LogP contribution is -2.16. The lowest BCUT2D eigenvalue weighted by atomic mass is 10.2. The molecular formula is C28H22Cl3F2N7O10. The van der Waals surface area contributed by atoms with Crippen LogP contribution in [0.25, 0.3) is 16.9 Å². The van der Waals surface area contributed by atoms with Crippen molar-refractivity contribution in [2.24, 2.45) is 0 Å². The van der Waals surface area contributed by atoms with Crippen molar-refractivity contribution in [1.29, 1.82) is 0 Å². The third kappa shape index (κ3) is 7.85. The first-order chi connectivity index (χ1) is 23.7. The largest absolute Gasteiger partial charge is 0.496 e. The number of hydrogen-bond acceptors (Lipinski definition) is 13. The van der Waals surface area contributed by atoms with Crippen LogP contribution in [0.15, 0.2) is 29.1 Å². The van der Waals surface area contributed by atoms with Crippen LogP contribution in [0.1, 0.15) is 11.4 Å². The summed E-state index contributed by atoms with van der Waals surface area (Å²) in [7, 11) is 5.17. The molecule has 2 N–H and O–H groups in total. The van der Waals surface area contributed by atoms with Crippen molar-refractivity contribution in [3.63, 3.8) is 0 Å². The summed E-state index contributed by atoms with van der Waals surface area (Å²) in [6.45, 7) is -0.453. The number of benzene rings is 2. The number of nitrogens with zero attached hydrogens (tertiary/aromatic N) is 6. The van der Waals surface area contributed by atoms with Gasteiger partial charge in [0.15, 0.2) is 28.8 Å². The standard InChI is InChI=1S/C23H19ClF2N4O7.C5H3Cl2N3O3/c1-34-14-5-4-12(25)19(26)10(14)9-37-16-7-13(11(24)6-15(16)35-2)30-21-20(29-23(30)33)22(36-3)28-17(27-21)8-18(31)32;1-13-4-2(10(11)12)3(6)8-5(7)9-4/h4-7H,8-9H2,1-3H3,(H,29,33)(H,31,32);1H3. The Morgan fingerprint density at radius 2 is 1.64 bits per heavy atom. The van der Waals surface area contributed by atoms with Gasteiger partial charge < -0.3 is 28.8 Å². The molecule has 50 heavy (non-hydrogen) atoms. The Balaban J connectivity index is 0.000000363. The predicted octanol–water partition coefficient (Wildman–Crippen LogP) is 4.97. The molecule has 3 aromatic heterocycles. The van der Waals surface area contributed by atoms with Crippen molar-refractivity contribution in [2.45, 2.75) is 13.0 Å². The second-order valence-electron chi connectivity index (χ2n) is 9.37. The number of hydrogen-bond donors (Lipinski definition) is 2. The van der Waals surface area contributed by atoms with Crippen molar-refractivity contribution in [3.05, 3.63) is 83.3 Å². The minimum Gasteiger partial charge on any atom is -0.496 e. The van der Waals surface area contributed by atoms with Crippen molar-refractivity contribution in [1.82, 2.24) is 29.5 Å². The molecule has 0 bridgehead atoms. The zero-order valence-corrected chi connectivity index (χ0v) is 28.2. The van der Waals surface area contributed by atoms with E-state index in [1.54, 1.807) is 0 Å². The molecule has 0 aliphatic heterocycles. The van der Waals surface area contributed by atoms with Gasteiger partial charge in [-0.3, -0.25) is 19.9 Å². The fourth-order valence-corrected chi connectivity index (χ4v) is 4.96. The monoisotopic (exact) mass is 759 g/mol. The number of nitro groups is 1. The zero-order chi connectivity index (χ0) is 36.9. The van der Waals surface area contributed by atoms with Crippen LogP contribution in [0.4, 0.5) is 14.5 Å². The quantitative estimate of drug-likeness (QED) is 0.0787. The first-order valence-electron chi connectivity index (χ1n) is 13.4. The summed E-state index contributed by atoms with van der Waals surface area (Å²) in [6, 6.07) is 4.88. The maximum atomic E-state index is 14.4. The van der Waals surface area contributed by atoms with Crippen LogP contribution in [0, 0.1) is 21.7 Å². The second-order valence-corrected chi connectivity index (χ2v) is 10.5. The molecule has 2 aromatic carbocycles. The van der Waals surface area contributed by atoms with E-state index < -0.39 is 46.9 Å². The van der Waals surface area contributed by atoms with Gasteiger partial charge in [-0.25, -0.2) is 23.1 Å². The third-order valence-corrected chi connectivity index (χ3v) is 7.16. The summed E-state index contributed by atoms with van der Waals surface area (Å²) in [4.78, 5) is 51.5. The van der Waals surface area contributed by atoms with Crippen molar-refractivity contribution < 1.29 is 47.3 Å². The molecule has 0 saturated carbocycles. The van der Waals surface area contributed by atoms with Crippen LogP contribution in [0.3, 0.4) is 0 Å². The molecule has 17 nitrogen and oxygen atoms in total. The highest BCUT2D eigenvalue weighted by molar-refractivity contribution is 6.33. The number of aromatic amines is 1. The van der Waals surface area contributed by atoms with E-state index in [1.165, 1.54) is 46.6 Å². The lowest BCUT2D eigenvalue weighted by molar-refractivity contribution is -0.386. The fraction of sp³-hybridized carbons (Fsp3) is 0.214. The normalized spacial score (nSPS) is 10.7. The number of imidazole rings is 1. The van der Waals surface area contributed by atoms with E-state index in [0.717, 1.165) is 10.6 Å². The van der Waals surface area contributed by atoms with Gasteiger partial charge in [-0.2, -0.15) is 15.0 Å². The molecule has 0 saturated heterocycles. The number of aromatic nitrogens is 6. The molecule has 0 spiro atoms. The van der Waals surface area contributed by atoms with Gasteiger partial charge in [0.1, 0.15) is 30.1 Å². The highest BCUT2D eigenvalue weighted by atomic mass is 35.5. The van der Waals surface area contributed by atoms with Crippen LogP contribution in [-0.2, 0) is 17.8 Å². The Kier molecular flexibility index (Phi) is 11.8. The van der Waals surface area contributed by atoms with Gasteiger partial charge in [-0.05, 0) is 23.7 Å². The molecule has 0 unspecified atom stereocenters. The number of H-pyrrole nitrogens is 1. The molecule has 0 aliphatic carbocycles. The Morgan fingerprint density at radius 1 is 0.960 bits per heavy atom. The van der Waals surface area contributed by atoms with E-state index in [2.05, 4.69) is 29.7 Å². The summed E-state index contributed by atoms with van der Waals surface area (Å²) < 4.78 is 55.2. The molecular weight excluding hydrogens is 739 g/mol. The minimum atomic E-state index is -1.19. The van der Waals surface area contributed by atoms with Crippen molar-refractivity contribution in [3.8, 4) is 34.7 Å². The van der Waals surface area contributed by atoms with Crippen molar-refractivity contribution >= 4 is 57.6 Å². The van der Waals surface area contributed by atoms with Gasteiger partial charge in [0.25, 0.3) is 5.88 Å². The van der Waals surface area contributed by atoms with Crippen LogP contribution >= 0.6 is 34.8 Å². The van der Waals surface area contributed by atoms with E-state index in [4.69, 9.17) is 58.9 Å². The smallest absolute Gasteiger partial charge is 0.367 e. The summed E-state index contributed by atoms with van der Waals surface area (Å²) in [5.74, 6) is -3.61. The van der Waals surface area contributed by atoms with E-state index in [9.17, 15) is 28.5 Å². The zero-order valence-electron chi connectivity index (χ0n) is 25.9. The Bertz CT molecular complexity index is 2170. The van der Waals surface area contributed by atoms with E-state index in [1.807, 2.05) is 0 Å². The Morgan fingerprint density at radius 3 is 2.24 bits per heavy atom. The number of carboxylic acid groups (broad SMARTS) is 1. The minimum absolute atomic E-state index is 0.0102. The van der Waals surface area contributed by atoms with Crippen molar-refractivity contribution in [2.75, 3.05) is 28.4 Å². The number of carboxylic acids is 1. The molecule has 0 fully saturated rings. The van der Waals surface area contributed by atoms with Crippen LogP contribution in [0.5, 0.6) is 29.0 Å². The van der Waals surface area contributed by atoms with Crippen LogP contribution in [0.2, 0.25) is 15.5 Å². The first kappa shape index (κ1) is 37.3. The molecule has 5 aromatic rings. The lowest BCUT2D eigenvalue weighted by Gasteiger charge is -2.16. The first-order valence-corrected chi connectivity index (χ1v) is 14.6. The number of halogens is 5. The maximum Gasteiger partial charge on any atom is 0.367 e. The predicted molar refractivity (Wildman–Crippen MR) is 171 cm³/mol. The average Bonchev–Trinajstić information content (AvgIpc) is 3.39. The second kappa shape index (κ2) is 15.8. The molecule has 3 heterocycles. The summed E-state index contributed by atoms with van der Waals surface area (Å²) >= 11 is 17.3. The summed E-state index contributed by atoms with van der Waals surface area (Å²) in [5.41, 5.74) is -1.20. The summed E-state index contributed by atoms with van der Waals surface area (Å²) in [6.07, 6.45) is -0.530. The fourth-order valence-electron chi connectivity index (χ4n) is 4.29. The van der Waals surface area contributed by atoms with Gasteiger partial charge in [0, 0.05) is 12.1 Å². The number of fused-ring (bicyclic) bond motifs is 1. The summed E-state index contributed by atoms with van der Waals surface area (Å²) in [5, 5.41) is 19.1. The molecule has 0 radical (unpaired) electrons. The van der Waals surface area contributed by atoms with Gasteiger partial charge in [-0.15, -0.1) is 0 Å². The third-order valence-electron chi connectivity index (χ3n) is 6.43. The molecule has 0 atom stereocenters. The van der Waals surface area contributed by atoms with Gasteiger partial charge in [0.2, 0.25) is 16.3 Å².